The normalized spacial score (nSPS) is 14.1. The molecule has 0 fully saturated rings. The molecule has 0 aliphatic carbocycles. The second-order valence-electron chi connectivity index (χ2n) is 5.30. The highest BCUT2D eigenvalue weighted by Crippen LogP contribution is 2.53. The Kier molecular flexibility index (Phi) is 3.80. The maximum Gasteiger partial charge on any atom is 0.0616 e. The minimum atomic E-state index is -1.47. The van der Waals surface area contributed by atoms with Crippen molar-refractivity contribution in [3.63, 3.8) is 0 Å². The first-order valence-corrected chi connectivity index (χ1v) is 8.95. The summed E-state index contributed by atoms with van der Waals surface area (Å²) in [5, 5.41) is 2.62. The fourth-order valence-corrected chi connectivity index (χ4v) is 3.28. The monoisotopic (exact) mass is 256 g/mol. The third kappa shape index (κ3) is 2.60. The van der Waals surface area contributed by atoms with Crippen molar-refractivity contribution < 1.29 is 0 Å². The molecule has 1 nitrogen and oxygen atoms in total. The van der Waals surface area contributed by atoms with Crippen LogP contribution in [0.3, 0.4) is 0 Å². The molecule has 3 radical (unpaired) electrons. The first-order chi connectivity index (χ1) is 8.41. The molecule has 2 aromatic rings. The summed E-state index contributed by atoms with van der Waals surface area (Å²) >= 11 is 0. The number of nitrogens with zero attached hydrogens (tertiary/aromatic N) is 1. The van der Waals surface area contributed by atoms with Crippen molar-refractivity contribution in [2.75, 3.05) is 20.4 Å². The van der Waals surface area contributed by atoms with Crippen molar-refractivity contribution in [3.05, 3.63) is 48.0 Å². The number of rotatable bonds is 3. The molecular weight excluding hydrogens is 236 g/mol. The molecule has 0 amide bonds. The number of fused-ring (bicyclic) bond motifs is 1. The van der Waals surface area contributed by atoms with Crippen molar-refractivity contribution in [3.8, 4) is 0 Å². The molecule has 0 aromatic heterocycles. The lowest BCUT2D eigenvalue weighted by molar-refractivity contribution is 0.440. The summed E-state index contributed by atoms with van der Waals surface area (Å²) in [4.78, 5) is 0. The summed E-state index contributed by atoms with van der Waals surface area (Å²) in [6, 6.07) is 15.4. The first-order valence-electron chi connectivity index (χ1n) is 6.25. The predicted molar refractivity (Wildman–Crippen MR) is 84.6 cm³/mol. The number of benzene rings is 2. The summed E-state index contributed by atoms with van der Waals surface area (Å²) < 4.78 is 2.31. The lowest BCUT2D eigenvalue weighted by atomic mass is 10.00. The van der Waals surface area contributed by atoms with Crippen LogP contribution >= 0.6 is 7.29 Å². The van der Waals surface area contributed by atoms with E-state index < -0.39 is 7.29 Å². The molecule has 93 valence electrons. The predicted octanol–water partition coefficient (Wildman–Crippen LogP) is 4.11. The van der Waals surface area contributed by atoms with Gasteiger partial charge >= 0.3 is 0 Å². The van der Waals surface area contributed by atoms with E-state index in [1.54, 1.807) is 0 Å². The third-order valence-electron chi connectivity index (χ3n) is 3.65. The van der Waals surface area contributed by atoms with E-state index in [1.165, 1.54) is 16.3 Å². The molecule has 2 aromatic carbocycles. The Hall–Kier alpha value is -0.845. The van der Waals surface area contributed by atoms with Crippen molar-refractivity contribution in [1.82, 2.24) is 4.67 Å². The van der Waals surface area contributed by atoms with Crippen LogP contribution in [-0.2, 0) is 0 Å². The molecule has 0 bridgehead atoms. The Labute approximate surface area is 112 Å². The summed E-state index contributed by atoms with van der Waals surface area (Å²) in [6.45, 7) is 6.53. The van der Waals surface area contributed by atoms with E-state index in [0.717, 1.165) is 0 Å². The second-order valence-corrected chi connectivity index (χ2v) is 8.89. The topological polar surface area (TPSA) is 3.24 Å². The fourth-order valence-electron chi connectivity index (χ4n) is 2.26. The third-order valence-corrected chi connectivity index (χ3v) is 5.62. The smallest absolute Gasteiger partial charge is 0.0616 e. The summed E-state index contributed by atoms with van der Waals surface area (Å²) in [5.41, 5.74) is 1.36. The zero-order chi connectivity index (χ0) is 13.3. The molecule has 0 saturated heterocycles. The Bertz CT molecular complexity index is 542. The van der Waals surface area contributed by atoms with Gasteiger partial charge in [-0.25, -0.2) is 4.67 Å². The summed E-state index contributed by atoms with van der Waals surface area (Å²) in [7, 11) is 6.95. The molecule has 0 spiro atoms. The number of hydrogen-bond acceptors (Lipinski definition) is 1. The maximum absolute atomic E-state index is 6.30. The van der Waals surface area contributed by atoms with Gasteiger partial charge in [0.25, 0.3) is 0 Å². The van der Waals surface area contributed by atoms with Crippen molar-refractivity contribution >= 4 is 25.6 Å². The quantitative estimate of drug-likeness (QED) is 0.590. The lowest BCUT2D eigenvalue weighted by Crippen LogP contribution is -2.22. The largest absolute Gasteiger partial charge is 0.282 e. The minimum absolute atomic E-state index is 0.337. The van der Waals surface area contributed by atoms with Gasteiger partial charge in [0, 0.05) is 20.4 Å². The Morgan fingerprint density at radius 1 is 1.06 bits per heavy atom. The van der Waals surface area contributed by atoms with Gasteiger partial charge in [0.15, 0.2) is 0 Å². The lowest BCUT2D eigenvalue weighted by Gasteiger charge is -2.41. The van der Waals surface area contributed by atoms with Crippen LogP contribution in [0.15, 0.2) is 42.5 Å². The van der Waals surface area contributed by atoms with Gasteiger partial charge < -0.3 is 0 Å². The molecule has 0 saturated carbocycles. The summed E-state index contributed by atoms with van der Waals surface area (Å²) in [5.74, 6) is 0. The van der Waals surface area contributed by atoms with Gasteiger partial charge in [-0.15, -0.1) is 0 Å². The zero-order valence-corrected chi connectivity index (χ0v) is 12.5. The molecular formula is C15H20BNP. The van der Waals surface area contributed by atoms with Crippen molar-refractivity contribution in [2.45, 2.75) is 13.0 Å². The van der Waals surface area contributed by atoms with Crippen LogP contribution in [0.4, 0.5) is 0 Å². The Balaban J connectivity index is 2.48. The molecule has 0 heterocycles. The summed E-state index contributed by atoms with van der Waals surface area (Å²) in [6.07, 6.45) is 0. The van der Waals surface area contributed by atoms with Gasteiger partial charge in [-0.05, 0) is 23.3 Å². The van der Waals surface area contributed by atoms with Crippen LogP contribution in [0.1, 0.15) is 18.5 Å². The minimum Gasteiger partial charge on any atom is -0.282 e. The highest BCUT2D eigenvalue weighted by atomic mass is 31.2. The van der Waals surface area contributed by atoms with Crippen LogP contribution < -0.4 is 0 Å². The van der Waals surface area contributed by atoms with Gasteiger partial charge in [0.2, 0.25) is 0 Å². The van der Waals surface area contributed by atoms with E-state index >= 15 is 0 Å². The highest BCUT2D eigenvalue weighted by Gasteiger charge is 2.21. The fraction of sp³-hybridized carbons (Fsp3) is 0.333. The molecule has 3 heteroatoms. The second kappa shape index (κ2) is 5.03. The van der Waals surface area contributed by atoms with Gasteiger partial charge in [-0.1, -0.05) is 42.5 Å². The van der Waals surface area contributed by atoms with Gasteiger partial charge in [0.1, 0.15) is 0 Å². The molecule has 2 rings (SSSR count). The van der Waals surface area contributed by atoms with E-state index in [2.05, 4.69) is 74.4 Å². The van der Waals surface area contributed by atoms with Crippen LogP contribution in [0.25, 0.3) is 10.8 Å². The first kappa shape index (κ1) is 13.6. The van der Waals surface area contributed by atoms with E-state index in [9.17, 15) is 0 Å². The molecule has 18 heavy (non-hydrogen) atoms. The van der Waals surface area contributed by atoms with E-state index in [0.29, 0.717) is 6.04 Å². The van der Waals surface area contributed by atoms with Crippen LogP contribution in [0.5, 0.6) is 0 Å². The number of hydrogen-bond donors (Lipinski definition) is 0. The van der Waals surface area contributed by atoms with Crippen LogP contribution in [-0.4, -0.2) is 32.6 Å². The SMILES string of the molecule is [B-][P+](C)(C)N(C)[C@@H](C)c1cccc2ccccc12. The van der Waals surface area contributed by atoms with Gasteiger partial charge in [-0.2, -0.15) is 7.29 Å². The average molecular weight is 256 g/mol. The van der Waals surface area contributed by atoms with Gasteiger partial charge in [-0.3, -0.25) is 7.57 Å². The van der Waals surface area contributed by atoms with E-state index in [4.69, 9.17) is 7.57 Å². The van der Waals surface area contributed by atoms with Crippen molar-refractivity contribution in [1.29, 1.82) is 0 Å². The van der Waals surface area contributed by atoms with Crippen LogP contribution in [0.2, 0.25) is 0 Å². The maximum atomic E-state index is 6.30. The molecule has 0 aliphatic heterocycles. The average Bonchev–Trinajstić information content (AvgIpc) is 2.35. The molecule has 0 aliphatic rings. The standard InChI is InChI=1S/C15H20BNP/c1-12(17(2)18(3,4)16)14-11-7-9-13-8-5-6-10-15(13)14/h5-12H,1-4H3/t12-/m0/s1. The molecule has 1 atom stereocenters. The Morgan fingerprint density at radius 2 is 1.67 bits per heavy atom. The Morgan fingerprint density at radius 3 is 2.33 bits per heavy atom. The highest BCUT2D eigenvalue weighted by molar-refractivity contribution is 7.94. The van der Waals surface area contributed by atoms with E-state index in [1.807, 2.05) is 0 Å². The zero-order valence-electron chi connectivity index (χ0n) is 11.6. The molecule has 0 N–H and O–H groups in total. The van der Waals surface area contributed by atoms with Gasteiger partial charge in [0.05, 0.1) is 6.04 Å². The van der Waals surface area contributed by atoms with Crippen molar-refractivity contribution in [2.24, 2.45) is 0 Å². The van der Waals surface area contributed by atoms with E-state index in [-0.39, 0.29) is 0 Å². The molecule has 0 unspecified atom stereocenters. The van der Waals surface area contributed by atoms with Crippen LogP contribution in [0, 0.1) is 0 Å².